The fraction of sp³-hybridized carbons (Fsp3) is 0.529. The average molecular weight is 345 g/mol. The third-order valence-corrected chi connectivity index (χ3v) is 5.61. The normalized spacial score (nSPS) is 25.9. The topological polar surface area (TPSA) is 64.1 Å². The van der Waals surface area contributed by atoms with Gasteiger partial charge in [0.25, 0.3) is 0 Å². The van der Waals surface area contributed by atoms with Crippen LogP contribution in [0.4, 0.5) is 11.8 Å². The molecule has 6 nitrogen and oxygen atoms in total. The summed E-state index contributed by atoms with van der Waals surface area (Å²) in [6.07, 6.45) is 4.05. The van der Waals surface area contributed by atoms with Crippen LogP contribution in [0.5, 0.6) is 0 Å². The summed E-state index contributed by atoms with van der Waals surface area (Å²) in [5.74, 6) is 1.62. The van der Waals surface area contributed by atoms with E-state index in [0.717, 1.165) is 42.9 Å². The molecule has 1 saturated heterocycles. The Hall–Kier alpha value is -1.70. The number of thiophene rings is 1. The van der Waals surface area contributed by atoms with Gasteiger partial charge < -0.3 is 20.1 Å². The Bertz CT molecular complexity index is 707. The summed E-state index contributed by atoms with van der Waals surface area (Å²) in [6, 6.07) is 2.35. The first kappa shape index (κ1) is 15.8. The maximum atomic E-state index is 13.6. The van der Waals surface area contributed by atoms with E-state index < -0.39 is 0 Å². The molecular weight excluding hydrogens is 322 g/mol. The Morgan fingerprint density at radius 3 is 3.21 bits per heavy atom. The minimum atomic E-state index is -0.213. The van der Waals surface area contributed by atoms with E-state index in [9.17, 15) is 5.21 Å². The number of hydrogen-bond acceptors (Lipinski definition) is 6. The van der Waals surface area contributed by atoms with E-state index in [-0.39, 0.29) is 10.7 Å². The largest absolute Gasteiger partial charge is 0.632 e. The highest BCUT2D eigenvalue weighted by Crippen LogP contribution is 2.35. The number of quaternary nitrogens is 1. The first-order valence-electron chi connectivity index (χ1n) is 8.61. The van der Waals surface area contributed by atoms with E-state index in [1.807, 2.05) is 18.5 Å². The molecule has 1 N–H and O–H groups in total. The first-order chi connectivity index (χ1) is 11.7. The van der Waals surface area contributed by atoms with Crippen molar-refractivity contribution in [3.63, 3.8) is 0 Å². The van der Waals surface area contributed by atoms with Crippen LogP contribution in [0.1, 0.15) is 30.9 Å². The molecule has 2 aliphatic heterocycles. The number of nitrogens with one attached hydrogen (secondary N) is 1. The fourth-order valence-electron chi connectivity index (χ4n) is 3.90. The average Bonchev–Trinajstić information content (AvgIpc) is 3.19. The Kier molecular flexibility index (Phi) is 4.15. The van der Waals surface area contributed by atoms with Crippen LogP contribution in [-0.2, 0) is 13.1 Å². The lowest BCUT2D eigenvalue weighted by molar-refractivity contribution is -0.907. The van der Waals surface area contributed by atoms with E-state index in [1.54, 1.807) is 11.3 Å². The lowest BCUT2D eigenvalue weighted by Gasteiger charge is -2.43. The number of nitrogens with zero attached hydrogens (tertiary/aromatic N) is 4. The van der Waals surface area contributed by atoms with Crippen molar-refractivity contribution >= 4 is 23.1 Å². The lowest BCUT2D eigenvalue weighted by Crippen LogP contribution is -2.47. The Morgan fingerprint density at radius 2 is 2.42 bits per heavy atom. The molecule has 2 atom stereocenters. The van der Waals surface area contributed by atoms with Gasteiger partial charge in [0.15, 0.2) is 0 Å². The second-order valence-corrected chi connectivity index (χ2v) is 7.53. The zero-order valence-corrected chi connectivity index (χ0v) is 14.8. The van der Waals surface area contributed by atoms with E-state index in [4.69, 9.17) is 4.98 Å². The molecule has 4 rings (SSSR count). The van der Waals surface area contributed by atoms with Crippen LogP contribution >= 0.6 is 11.3 Å². The highest BCUT2D eigenvalue weighted by Gasteiger charge is 2.38. The van der Waals surface area contributed by atoms with Gasteiger partial charge in [-0.15, -0.1) is 0 Å². The van der Waals surface area contributed by atoms with Crippen molar-refractivity contribution in [2.45, 2.75) is 38.9 Å². The van der Waals surface area contributed by atoms with Crippen molar-refractivity contribution in [1.82, 2.24) is 9.97 Å². The number of hydrogen-bond donors (Lipinski definition) is 1. The minimum absolute atomic E-state index is 0.213. The van der Waals surface area contributed by atoms with Crippen LogP contribution in [0.2, 0.25) is 0 Å². The zero-order valence-electron chi connectivity index (χ0n) is 13.9. The molecule has 1 unspecified atom stereocenters. The van der Waals surface area contributed by atoms with Gasteiger partial charge >= 0.3 is 0 Å². The summed E-state index contributed by atoms with van der Waals surface area (Å²) in [7, 11) is 0. The van der Waals surface area contributed by atoms with Crippen molar-refractivity contribution in [2.24, 2.45) is 0 Å². The summed E-state index contributed by atoms with van der Waals surface area (Å²) in [4.78, 5) is 11.5. The zero-order chi connectivity index (χ0) is 16.6. The number of rotatable bonds is 4. The SMILES string of the molecule is CCNc1ncc2c(n1)N1CCC[C@H]1C[N+]([O-])(Cc1ccsc1)C2. The van der Waals surface area contributed by atoms with Crippen LogP contribution < -0.4 is 10.2 Å². The van der Waals surface area contributed by atoms with Gasteiger partial charge in [0.2, 0.25) is 5.95 Å². The summed E-state index contributed by atoms with van der Waals surface area (Å²) in [5.41, 5.74) is 2.11. The summed E-state index contributed by atoms with van der Waals surface area (Å²) >= 11 is 1.65. The number of anilines is 2. The molecule has 0 radical (unpaired) electrons. The quantitative estimate of drug-likeness (QED) is 0.682. The monoisotopic (exact) mass is 345 g/mol. The van der Waals surface area contributed by atoms with Gasteiger partial charge in [-0.2, -0.15) is 16.3 Å². The maximum absolute atomic E-state index is 13.6. The van der Waals surface area contributed by atoms with Crippen LogP contribution in [0.15, 0.2) is 23.0 Å². The number of hydroxylamine groups is 3. The van der Waals surface area contributed by atoms with Gasteiger partial charge in [0.1, 0.15) is 18.9 Å². The van der Waals surface area contributed by atoms with Gasteiger partial charge in [-0.25, -0.2) is 4.98 Å². The second-order valence-electron chi connectivity index (χ2n) is 6.75. The Morgan fingerprint density at radius 1 is 1.50 bits per heavy atom. The van der Waals surface area contributed by atoms with E-state index in [2.05, 4.69) is 26.6 Å². The fourth-order valence-corrected chi connectivity index (χ4v) is 4.56. The van der Waals surface area contributed by atoms with Gasteiger partial charge in [-0.3, -0.25) is 0 Å². The molecule has 0 amide bonds. The predicted molar refractivity (Wildman–Crippen MR) is 96.8 cm³/mol. The molecule has 2 aromatic rings. The van der Waals surface area contributed by atoms with Gasteiger partial charge in [-0.1, -0.05) is 0 Å². The molecule has 0 bridgehead atoms. The predicted octanol–water partition coefficient (Wildman–Crippen LogP) is 2.97. The first-order valence-corrected chi connectivity index (χ1v) is 9.56. The van der Waals surface area contributed by atoms with E-state index in [1.165, 1.54) is 0 Å². The lowest BCUT2D eigenvalue weighted by atomic mass is 10.2. The van der Waals surface area contributed by atoms with Gasteiger partial charge in [0.05, 0.1) is 18.2 Å². The van der Waals surface area contributed by atoms with Crippen molar-refractivity contribution in [2.75, 3.05) is 29.9 Å². The van der Waals surface area contributed by atoms with Crippen LogP contribution in [0, 0.1) is 5.21 Å². The molecule has 0 aliphatic carbocycles. The Balaban J connectivity index is 1.69. The molecule has 0 aromatic carbocycles. The van der Waals surface area contributed by atoms with Crippen LogP contribution in [0.25, 0.3) is 0 Å². The molecular formula is C17H23N5OS. The highest BCUT2D eigenvalue weighted by molar-refractivity contribution is 7.07. The molecule has 4 heterocycles. The molecule has 0 saturated carbocycles. The van der Waals surface area contributed by atoms with Crippen molar-refractivity contribution in [3.8, 4) is 0 Å². The van der Waals surface area contributed by atoms with E-state index in [0.29, 0.717) is 25.6 Å². The van der Waals surface area contributed by atoms with Crippen molar-refractivity contribution < 1.29 is 4.65 Å². The number of fused-ring (bicyclic) bond motifs is 3. The van der Waals surface area contributed by atoms with Crippen LogP contribution in [-0.4, -0.2) is 40.3 Å². The van der Waals surface area contributed by atoms with Crippen LogP contribution in [0.3, 0.4) is 0 Å². The standard InChI is InChI=1S/C17H23N5OS/c1-2-18-17-19-8-14-10-22(23,9-13-5-7-24-12-13)11-15-4-3-6-21(15)16(14)20-17/h5,7-8,12,15H,2-4,6,9-11H2,1H3,(H,18,19,20)/t15-,22?/m0/s1. The van der Waals surface area contributed by atoms with Gasteiger partial charge in [0, 0.05) is 24.8 Å². The smallest absolute Gasteiger partial charge is 0.224 e. The minimum Gasteiger partial charge on any atom is -0.632 e. The molecule has 0 spiro atoms. The molecule has 2 aliphatic rings. The molecule has 128 valence electrons. The highest BCUT2D eigenvalue weighted by atomic mass is 32.1. The summed E-state index contributed by atoms with van der Waals surface area (Å²) < 4.78 is -0.213. The van der Waals surface area contributed by atoms with Gasteiger partial charge in [-0.05, 0) is 36.6 Å². The number of aromatic nitrogens is 2. The summed E-state index contributed by atoms with van der Waals surface area (Å²) in [5, 5.41) is 20.9. The maximum Gasteiger partial charge on any atom is 0.224 e. The third-order valence-electron chi connectivity index (χ3n) is 4.88. The summed E-state index contributed by atoms with van der Waals surface area (Å²) in [6.45, 7) is 5.42. The molecule has 24 heavy (non-hydrogen) atoms. The second kappa shape index (κ2) is 6.31. The van der Waals surface area contributed by atoms with Crippen molar-refractivity contribution in [1.29, 1.82) is 0 Å². The molecule has 1 fully saturated rings. The third kappa shape index (κ3) is 2.99. The van der Waals surface area contributed by atoms with E-state index >= 15 is 0 Å². The molecule has 2 aromatic heterocycles. The Labute approximate surface area is 146 Å². The van der Waals surface area contributed by atoms with Crippen molar-refractivity contribution in [3.05, 3.63) is 39.4 Å². The molecule has 7 heteroatoms.